The van der Waals surface area contributed by atoms with Crippen molar-refractivity contribution in [3.8, 4) is 6.07 Å². The third-order valence-corrected chi connectivity index (χ3v) is 3.79. The summed E-state index contributed by atoms with van der Waals surface area (Å²) in [4.78, 5) is 0. The highest BCUT2D eigenvalue weighted by molar-refractivity contribution is 5.39. The Kier molecular flexibility index (Phi) is 4.82. The lowest BCUT2D eigenvalue weighted by Gasteiger charge is -2.36. The number of alkyl halides is 3. The first-order chi connectivity index (χ1) is 9.20. The van der Waals surface area contributed by atoms with E-state index in [1.54, 1.807) is 19.9 Å². The summed E-state index contributed by atoms with van der Waals surface area (Å²) >= 11 is 0. The molecule has 0 aliphatic carbocycles. The molecule has 0 radical (unpaired) electrons. The van der Waals surface area contributed by atoms with Crippen LogP contribution in [0.2, 0.25) is 0 Å². The number of rotatable bonds is 4. The van der Waals surface area contributed by atoms with E-state index in [4.69, 9.17) is 5.73 Å². The molecule has 2 N–H and O–H groups in total. The molecule has 110 valence electrons. The largest absolute Gasteiger partial charge is 0.416 e. The first-order valence-corrected chi connectivity index (χ1v) is 6.54. The van der Waals surface area contributed by atoms with Crippen LogP contribution < -0.4 is 5.73 Å². The summed E-state index contributed by atoms with van der Waals surface area (Å²) < 4.78 is 38.5. The van der Waals surface area contributed by atoms with Crippen molar-refractivity contribution < 1.29 is 13.2 Å². The molecule has 2 unspecified atom stereocenters. The van der Waals surface area contributed by atoms with Crippen molar-refractivity contribution in [2.24, 2.45) is 11.7 Å². The van der Waals surface area contributed by atoms with Gasteiger partial charge in [0.2, 0.25) is 0 Å². The summed E-state index contributed by atoms with van der Waals surface area (Å²) in [6.45, 7) is 5.44. The molecule has 0 aromatic heterocycles. The number of nitrogens with zero attached hydrogens (tertiary/aromatic N) is 1. The van der Waals surface area contributed by atoms with E-state index >= 15 is 0 Å². The fraction of sp³-hybridized carbons (Fsp3) is 0.533. The van der Waals surface area contributed by atoms with Crippen molar-refractivity contribution in [1.82, 2.24) is 0 Å². The third kappa shape index (κ3) is 2.80. The number of benzene rings is 1. The van der Waals surface area contributed by atoms with Crippen LogP contribution in [0.15, 0.2) is 24.3 Å². The van der Waals surface area contributed by atoms with Crippen molar-refractivity contribution in [3.05, 3.63) is 35.4 Å². The number of hydrogen-bond donors (Lipinski definition) is 1. The monoisotopic (exact) mass is 284 g/mol. The van der Waals surface area contributed by atoms with Gasteiger partial charge in [0.15, 0.2) is 0 Å². The minimum Gasteiger partial charge on any atom is -0.326 e. The maximum Gasteiger partial charge on any atom is 0.416 e. The van der Waals surface area contributed by atoms with Gasteiger partial charge in [-0.05, 0) is 24.0 Å². The van der Waals surface area contributed by atoms with E-state index in [9.17, 15) is 18.4 Å². The first kappa shape index (κ1) is 16.5. The summed E-state index contributed by atoms with van der Waals surface area (Å²) in [6.07, 6.45) is -3.91. The Morgan fingerprint density at radius 2 is 1.80 bits per heavy atom. The van der Waals surface area contributed by atoms with Crippen molar-refractivity contribution in [1.29, 1.82) is 5.26 Å². The quantitative estimate of drug-likeness (QED) is 0.912. The van der Waals surface area contributed by atoms with Crippen LogP contribution >= 0.6 is 0 Å². The summed E-state index contributed by atoms with van der Waals surface area (Å²) in [6, 6.07) is 6.57. The standard InChI is InChI=1S/C15H19F3N2/c1-4-13(20)14(9-19,10(2)3)11-6-5-7-12(8-11)15(16,17)18/h5-8,10,13H,4,20H2,1-3H3. The van der Waals surface area contributed by atoms with E-state index in [1.807, 2.05) is 6.92 Å². The molecular weight excluding hydrogens is 265 g/mol. The second-order valence-corrected chi connectivity index (χ2v) is 5.23. The van der Waals surface area contributed by atoms with Crippen molar-refractivity contribution in [3.63, 3.8) is 0 Å². The van der Waals surface area contributed by atoms with Gasteiger partial charge in [-0.3, -0.25) is 0 Å². The lowest BCUT2D eigenvalue weighted by Crippen LogP contribution is -2.48. The molecule has 0 fully saturated rings. The van der Waals surface area contributed by atoms with Gasteiger partial charge in [-0.25, -0.2) is 0 Å². The van der Waals surface area contributed by atoms with Gasteiger partial charge in [0.25, 0.3) is 0 Å². The smallest absolute Gasteiger partial charge is 0.326 e. The van der Waals surface area contributed by atoms with E-state index in [0.29, 0.717) is 12.0 Å². The van der Waals surface area contributed by atoms with Crippen LogP contribution in [0.3, 0.4) is 0 Å². The van der Waals surface area contributed by atoms with Gasteiger partial charge in [0, 0.05) is 6.04 Å². The normalized spacial score (nSPS) is 16.6. The summed E-state index contributed by atoms with van der Waals surface area (Å²) in [7, 11) is 0. The SMILES string of the molecule is CCC(N)C(C#N)(c1cccc(C(F)(F)F)c1)C(C)C. The van der Waals surface area contributed by atoms with Gasteiger partial charge in [0.1, 0.15) is 0 Å². The Morgan fingerprint density at radius 3 is 2.20 bits per heavy atom. The lowest BCUT2D eigenvalue weighted by molar-refractivity contribution is -0.137. The van der Waals surface area contributed by atoms with Crippen LogP contribution in [-0.4, -0.2) is 6.04 Å². The molecule has 1 rings (SSSR count). The van der Waals surface area contributed by atoms with Gasteiger partial charge >= 0.3 is 6.18 Å². The average molecular weight is 284 g/mol. The number of hydrogen-bond acceptors (Lipinski definition) is 2. The maximum absolute atomic E-state index is 12.8. The highest BCUT2D eigenvalue weighted by Crippen LogP contribution is 2.38. The average Bonchev–Trinajstić information content (AvgIpc) is 2.39. The van der Waals surface area contributed by atoms with Crippen LogP contribution in [0.25, 0.3) is 0 Å². The zero-order chi connectivity index (χ0) is 15.6. The zero-order valence-corrected chi connectivity index (χ0v) is 11.8. The summed E-state index contributed by atoms with van der Waals surface area (Å²) in [5.41, 5.74) is 4.52. The zero-order valence-electron chi connectivity index (χ0n) is 11.8. The van der Waals surface area contributed by atoms with Crippen molar-refractivity contribution in [2.45, 2.75) is 44.8 Å². The van der Waals surface area contributed by atoms with Crippen molar-refractivity contribution >= 4 is 0 Å². The number of halogens is 3. The molecule has 20 heavy (non-hydrogen) atoms. The van der Waals surface area contributed by atoms with Gasteiger partial charge in [-0.15, -0.1) is 0 Å². The van der Waals surface area contributed by atoms with Gasteiger partial charge in [-0.1, -0.05) is 39.0 Å². The number of nitrogens with two attached hydrogens (primary N) is 1. The Hall–Kier alpha value is -1.54. The minimum absolute atomic E-state index is 0.189. The van der Waals surface area contributed by atoms with Crippen LogP contribution in [0.1, 0.15) is 38.3 Å². The topological polar surface area (TPSA) is 49.8 Å². The molecule has 0 aliphatic heterocycles. The summed E-state index contributed by atoms with van der Waals surface area (Å²) in [5, 5.41) is 9.58. The first-order valence-electron chi connectivity index (χ1n) is 6.54. The third-order valence-electron chi connectivity index (χ3n) is 3.79. The van der Waals surface area contributed by atoms with E-state index < -0.39 is 23.2 Å². The van der Waals surface area contributed by atoms with Gasteiger partial charge < -0.3 is 5.73 Å². The number of nitriles is 1. The molecule has 0 amide bonds. The fourth-order valence-corrected chi connectivity index (χ4v) is 2.53. The van der Waals surface area contributed by atoms with Crippen LogP contribution in [-0.2, 0) is 11.6 Å². The second-order valence-electron chi connectivity index (χ2n) is 5.23. The fourth-order valence-electron chi connectivity index (χ4n) is 2.53. The molecule has 0 aliphatic rings. The predicted molar refractivity (Wildman–Crippen MR) is 71.8 cm³/mol. The molecule has 5 heteroatoms. The predicted octanol–water partition coefficient (Wildman–Crippen LogP) is 3.86. The molecule has 2 nitrogen and oxygen atoms in total. The van der Waals surface area contributed by atoms with Gasteiger partial charge in [-0.2, -0.15) is 18.4 Å². The maximum atomic E-state index is 12.8. The van der Waals surface area contributed by atoms with Crippen molar-refractivity contribution in [2.75, 3.05) is 0 Å². The highest BCUT2D eigenvalue weighted by Gasteiger charge is 2.42. The van der Waals surface area contributed by atoms with E-state index in [0.717, 1.165) is 12.1 Å². The Balaban J connectivity index is 3.48. The lowest BCUT2D eigenvalue weighted by atomic mass is 9.67. The van der Waals surface area contributed by atoms with E-state index in [-0.39, 0.29) is 5.92 Å². The molecule has 0 bridgehead atoms. The second kappa shape index (κ2) is 5.84. The molecule has 1 aromatic rings. The van der Waals surface area contributed by atoms with Gasteiger partial charge in [0.05, 0.1) is 17.0 Å². The molecule has 1 aromatic carbocycles. The highest BCUT2D eigenvalue weighted by atomic mass is 19.4. The molecular formula is C15H19F3N2. The Morgan fingerprint density at radius 1 is 1.25 bits per heavy atom. The van der Waals surface area contributed by atoms with Crippen LogP contribution in [0.5, 0.6) is 0 Å². The van der Waals surface area contributed by atoms with Crippen LogP contribution in [0.4, 0.5) is 13.2 Å². The summed E-state index contributed by atoms with van der Waals surface area (Å²) in [5.74, 6) is -0.189. The Labute approximate surface area is 117 Å². The minimum atomic E-state index is -4.43. The molecule has 0 heterocycles. The molecule has 0 saturated carbocycles. The molecule has 0 saturated heterocycles. The van der Waals surface area contributed by atoms with E-state index in [2.05, 4.69) is 6.07 Å². The van der Waals surface area contributed by atoms with Crippen LogP contribution in [0, 0.1) is 17.2 Å². The van der Waals surface area contributed by atoms with E-state index in [1.165, 1.54) is 6.07 Å². The molecule has 0 spiro atoms. The Bertz CT molecular complexity index is 503. The molecule has 2 atom stereocenters.